The Morgan fingerprint density at radius 3 is 1.93 bits per heavy atom. The molecule has 0 unspecified atom stereocenters. The van der Waals surface area contributed by atoms with E-state index in [2.05, 4.69) is 20.6 Å². The summed E-state index contributed by atoms with van der Waals surface area (Å²) in [5.74, 6) is 0.0356. The van der Waals surface area contributed by atoms with Gasteiger partial charge in [0.05, 0.1) is 5.56 Å². The highest BCUT2D eigenvalue weighted by Crippen LogP contribution is 2.29. The normalized spacial score (nSPS) is 11.2. The van der Waals surface area contributed by atoms with Crippen molar-refractivity contribution in [2.45, 2.75) is 20.0 Å². The Morgan fingerprint density at radius 2 is 1.39 bits per heavy atom. The molecule has 0 aliphatic heterocycles. The number of hydrogen-bond donors (Lipinski definition) is 2. The van der Waals surface area contributed by atoms with E-state index in [1.807, 2.05) is 19.9 Å². The molecular weight excluding hydrogens is 369 g/mol. The summed E-state index contributed by atoms with van der Waals surface area (Å²) in [5.41, 5.74) is 2.26. The first kappa shape index (κ1) is 19.3. The smallest absolute Gasteiger partial charge is 0.324 e. The highest BCUT2D eigenvalue weighted by atomic mass is 19.4. The van der Waals surface area contributed by atoms with E-state index in [0.29, 0.717) is 17.2 Å². The molecule has 8 heteroatoms. The molecule has 1 heterocycles. The zero-order valence-electron chi connectivity index (χ0n) is 15.1. The predicted molar refractivity (Wildman–Crippen MR) is 101 cm³/mol. The predicted octanol–water partition coefficient (Wildman–Crippen LogP) is 5.11. The average molecular weight is 386 g/mol. The van der Waals surface area contributed by atoms with Crippen molar-refractivity contribution >= 4 is 23.2 Å². The number of aromatic nitrogens is 2. The van der Waals surface area contributed by atoms with Crippen LogP contribution in [-0.4, -0.2) is 15.9 Å². The molecule has 0 spiro atoms. The average Bonchev–Trinajstić information content (AvgIpc) is 2.61. The maximum Gasteiger partial charge on any atom is 0.416 e. The number of carbonyl (C=O) groups excluding carboxylic acids is 1. The molecule has 3 aromatic rings. The van der Waals surface area contributed by atoms with Crippen molar-refractivity contribution in [3.05, 3.63) is 77.1 Å². The molecule has 0 saturated heterocycles. The lowest BCUT2D eigenvalue weighted by molar-refractivity contribution is -0.137. The molecule has 28 heavy (non-hydrogen) atoms. The van der Waals surface area contributed by atoms with Gasteiger partial charge in [0.1, 0.15) is 0 Å². The summed E-state index contributed by atoms with van der Waals surface area (Å²) in [4.78, 5) is 20.8. The van der Waals surface area contributed by atoms with Gasteiger partial charge in [0.15, 0.2) is 0 Å². The number of amides is 1. The minimum Gasteiger partial charge on any atom is -0.324 e. The Bertz CT molecular complexity index is 964. The standard InChI is InChI=1S/C20H17F3N4O/c1-12-11-13(2)25-19(24-12)27-17-7-3-14(4-8-17)18(28)26-16-9-5-15(6-10-16)20(21,22)23/h3-11H,1-2H3,(H,26,28)(H,24,25,27). The van der Waals surface area contributed by atoms with Crippen LogP contribution in [0.4, 0.5) is 30.5 Å². The van der Waals surface area contributed by atoms with Crippen LogP contribution >= 0.6 is 0 Å². The van der Waals surface area contributed by atoms with Gasteiger partial charge in [-0.05, 0) is 68.4 Å². The third-order valence-corrected chi connectivity index (χ3v) is 3.86. The minimum atomic E-state index is -4.41. The quantitative estimate of drug-likeness (QED) is 0.654. The maximum absolute atomic E-state index is 12.6. The number of benzene rings is 2. The SMILES string of the molecule is Cc1cc(C)nc(Nc2ccc(C(=O)Nc3ccc(C(F)(F)F)cc3)cc2)n1. The Kier molecular flexibility index (Phi) is 5.30. The zero-order chi connectivity index (χ0) is 20.3. The number of alkyl halides is 3. The fourth-order valence-corrected chi connectivity index (χ4v) is 2.56. The summed E-state index contributed by atoms with van der Waals surface area (Å²) in [6.07, 6.45) is -4.41. The third kappa shape index (κ3) is 4.85. The second kappa shape index (κ2) is 7.67. The van der Waals surface area contributed by atoms with Crippen molar-refractivity contribution in [1.29, 1.82) is 0 Å². The van der Waals surface area contributed by atoms with E-state index in [0.717, 1.165) is 23.5 Å². The minimum absolute atomic E-state index is 0.281. The van der Waals surface area contributed by atoms with Crippen LogP contribution in [0.3, 0.4) is 0 Å². The third-order valence-electron chi connectivity index (χ3n) is 3.86. The van der Waals surface area contributed by atoms with Crippen molar-refractivity contribution in [3.8, 4) is 0 Å². The van der Waals surface area contributed by atoms with Gasteiger partial charge in [-0.15, -0.1) is 0 Å². The van der Waals surface area contributed by atoms with Gasteiger partial charge in [-0.1, -0.05) is 0 Å². The van der Waals surface area contributed by atoms with Crippen LogP contribution in [0.5, 0.6) is 0 Å². The number of rotatable bonds is 4. The summed E-state index contributed by atoms with van der Waals surface area (Å²) in [6, 6.07) is 12.7. The van der Waals surface area contributed by atoms with Crippen LogP contribution in [-0.2, 0) is 6.18 Å². The number of nitrogens with zero attached hydrogens (tertiary/aromatic N) is 2. The first-order valence-electron chi connectivity index (χ1n) is 8.39. The lowest BCUT2D eigenvalue weighted by Gasteiger charge is -2.10. The molecule has 0 saturated carbocycles. The molecule has 0 fully saturated rings. The zero-order valence-corrected chi connectivity index (χ0v) is 15.1. The largest absolute Gasteiger partial charge is 0.416 e. The molecule has 1 aromatic heterocycles. The monoisotopic (exact) mass is 386 g/mol. The van der Waals surface area contributed by atoms with E-state index in [4.69, 9.17) is 0 Å². The topological polar surface area (TPSA) is 66.9 Å². The van der Waals surface area contributed by atoms with Crippen molar-refractivity contribution in [1.82, 2.24) is 9.97 Å². The molecule has 0 aliphatic carbocycles. The van der Waals surface area contributed by atoms with Crippen molar-refractivity contribution < 1.29 is 18.0 Å². The number of aryl methyl sites for hydroxylation is 2. The van der Waals surface area contributed by atoms with Crippen LogP contribution in [0.2, 0.25) is 0 Å². The van der Waals surface area contributed by atoms with E-state index in [1.54, 1.807) is 24.3 Å². The number of hydrogen-bond acceptors (Lipinski definition) is 4. The molecule has 2 N–H and O–H groups in total. The van der Waals surface area contributed by atoms with Crippen LogP contribution < -0.4 is 10.6 Å². The van der Waals surface area contributed by atoms with Crippen molar-refractivity contribution in [3.63, 3.8) is 0 Å². The van der Waals surface area contributed by atoms with Gasteiger partial charge in [-0.3, -0.25) is 4.79 Å². The Morgan fingerprint density at radius 1 is 0.857 bits per heavy atom. The molecule has 0 bridgehead atoms. The second-order valence-corrected chi connectivity index (χ2v) is 6.21. The molecule has 3 rings (SSSR count). The molecule has 5 nitrogen and oxygen atoms in total. The number of anilines is 3. The van der Waals surface area contributed by atoms with Gasteiger partial charge in [0, 0.05) is 28.3 Å². The second-order valence-electron chi connectivity index (χ2n) is 6.21. The summed E-state index contributed by atoms with van der Waals surface area (Å²) in [6.45, 7) is 3.74. The van der Waals surface area contributed by atoms with Gasteiger partial charge in [-0.25, -0.2) is 9.97 Å². The summed E-state index contributed by atoms with van der Waals surface area (Å²) in [5, 5.41) is 5.63. The Hall–Kier alpha value is -3.42. The van der Waals surface area contributed by atoms with E-state index in [1.165, 1.54) is 12.1 Å². The molecule has 1 amide bonds. The summed E-state index contributed by atoms with van der Waals surface area (Å²) >= 11 is 0. The van der Waals surface area contributed by atoms with Crippen LogP contribution in [0.25, 0.3) is 0 Å². The summed E-state index contributed by atoms with van der Waals surface area (Å²) < 4.78 is 37.7. The molecule has 0 atom stereocenters. The van der Waals surface area contributed by atoms with Gasteiger partial charge in [-0.2, -0.15) is 13.2 Å². The van der Waals surface area contributed by atoms with Gasteiger partial charge in [0.2, 0.25) is 5.95 Å². The van der Waals surface area contributed by atoms with E-state index in [9.17, 15) is 18.0 Å². The van der Waals surface area contributed by atoms with Gasteiger partial charge < -0.3 is 10.6 Å². The van der Waals surface area contributed by atoms with E-state index < -0.39 is 17.6 Å². The van der Waals surface area contributed by atoms with Crippen LogP contribution in [0.1, 0.15) is 27.3 Å². The first-order valence-corrected chi connectivity index (χ1v) is 8.39. The van der Waals surface area contributed by atoms with Crippen molar-refractivity contribution in [2.75, 3.05) is 10.6 Å². The molecule has 0 aliphatic rings. The Balaban J connectivity index is 1.66. The van der Waals surface area contributed by atoms with E-state index in [-0.39, 0.29) is 5.69 Å². The fourth-order valence-electron chi connectivity index (χ4n) is 2.56. The molecular formula is C20H17F3N4O. The number of nitrogens with one attached hydrogen (secondary N) is 2. The van der Waals surface area contributed by atoms with Gasteiger partial charge in [0.25, 0.3) is 5.91 Å². The maximum atomic E-state index is 12.6. The first-order chi connectivity index (χ1) is 13.2. The Labute approximate surface area is 159 Å². The number of halogens is 3. The van der Waals surface area contributed by atoms with Gasteiger partial charge >= 0.3 is 6.18 Å². The molecule has 144 valence electrons. The highest BCUT2D eigenvalue weighted by Gasteiger charge is 2.30. The fraction of sp³-hybridized carbons (Fsp3) is 0.150. The molecule has 2 aromatic carbocycles. The van der Waals surface area contributed by atoms with E-state index >= 15 is 0 Å². The van der Waals surface area contributed by atoms with Crippen LogP contribution in [0, 0.1) is 13.8 Å². The molecule has 0 radical (unpaired) electrons. The highest BCUT2D eigenvalue weighted by molar-refractivity contribution is 6.04. The number of carbonyl (C=O) groups is 1. The summed E-state index contributed by atoms with van der Waals surface area (Å²) in [7, 11) is 0. The lowest BCUT2D eigenvalue weighted by atomic mass is 10.1. The van der Waals surface area contributed by atoms with Crippen molar-refractivity contribution in [2.24, 2.45) is 0 Å². The lowest BCUT2D eigenvalue weighted by Crippen LogP contribution is -2.12. The van der Waals surface area contributed by atoms with Crippen LogP contribution in [0.15, 0.2) is 54.6 Å².